The summed E-state index contributed by atoms with van der Waals surface area (Å²) in [6.45, 7) is -0.665. The average molecular weight is 329 g/mol. The highest BCUT2D eigenvalue weighted by Crippen LogP contribution is 2.27. The normalized spacial score (nSPS) is 18.7. The predicted molar refractivity (Wildman–Crippen MR) is 74.1 cm³/mol. The first-order valence-electron chi connectivity index (χ1n) is 7.01. The molecule has 0 aromatic heterocycles. The van der Waals surface area contributed by atoms with Crippen LogP contribution >= 0.6 is 0 Å². The smallest absolute Gasteiger partial charge is 0.383 e. The van der Waals surface area contributed by atoms with Gasteiger partial charge in [-0.2, -0.15) is 17.5 Å². The molecule has 0 N–H and O–H groups in total. The van der Waals surface area contributed by atoms with Crippen LogP contribution in [0.25, 0.3) is 0 Å². The summed E-state index contributed by atoms with van der Waals surface area (Å²) in [5.74, 6) is 0.344. The third-order valence-electron chi connectivity index (χ3n) is 3.54. The first-order valence-corrected chi connectivity index (χ1v) is 8.45. The van der Waals surface area contributed by atoms with Gasteiger partial charge in [-0.15, -0.1) is 0 Å². The van der Waals surface area contributed by atoms with E-state index in [2.05, 4.69) is 4.74 Å². The van der Waals surface area contributed by atoms with Crippen LogP contribution in [-0.4, -0.2) is 45.0 Å². The van der Waals surface area contributed by atoms with Crippen molar-refractivity contribution in [1.82, 2.24) is 4.31 Å². The molecule has 0 aliphatic heterocycles. The Morgan fingerprint density at radius 2 is 1.86 bits per heavy atom. The van der Waals surface area contributed by atoms with Crippen LogP contribution in [-0.2, 0) is 14.8 Å². The molecule has 21 heavy (non-hydrogen) atoms. The maximum atomic E-state index is 12.6. The number of halogens is 3. The first kappa shape index (κ1) is 18.4. The number of rotatable bonds is 7. The second-order valence-electron chi connectivity index (χ2n) is 5.13. The minimum atomic E-state index is -5.31. The molecule has 1 aliphatic rings. The van der Waals surface area contributed by atoms with Crippen molar-refractivity contribution in [3.8, 4) is 0 Å². The molecule has 1 aliphatic carbocycles. The van der Waals surface area contributed by atoms with Crippen LogP contribution < -0.4 is 0 Å². The van der Waals surface area contributed by atoms with Crippen LogP contribution in [0.2, 0.25) is 0 Å². The fourth-order valence-electron chi connectivity index (χ4n) is 2.35. The maximum absolute atomic E-state index is 12.6. The molecule has 1 saturated carbocycles. The summed E-state index contributed by atoms with van der Waals surface area (Å²) in [7, 11) is -4.00. The lowest BCUT2D eigenvalue weighted by molar-refractivity contribution is -0.0490. The molecule has 0 aromatic rings. The molecule has 1 fully saturated rings. The van der Waals surface area contributed by atoms with Crippen molar-refractivity contribution in [2.45, 2.75) is 37.6 Å². The summed E-state index contributed by atoms with van der Waals surface area (Å²) in [5, 5.41) is 0. The van der Waals surface area contributed by atoms with E-state index in [1.807, 2.05) is 6.08 Å². The Labute approximate surface area is 124 Å². The number of allylic oxidation sites excluding steroid dienone is 1. The number of sulfonamides is 1. The molecule has 4 nitrogen and oxygen atoms in total. The maximum Gasteiger partial charge on any atom is 0.511 e. The third-order valence-corrected chi connectivity index (χ3v) is 5.14. The van der Waals surface area contributed by atoms with E-state index >= 15 is 0 Å². The summed E-state index contributed by atoms with van der Waals surface area (Å²) in [4.78, 5) is 0. The largest absolute Gasteiger partial charge is 0.511 e. The van der Waals surface area contributed by atoms with Crippen LogP contribution in [0.1, 0.15) is 32.1 Å². The number of methoxy groups -OCH3 is 1. The van der Waals surface area contributed by atoms with E-state index in [0.29, 0.717) is 10.2 Å². The van der Waals surface area contributed by atoms with Gasteiger partial charge in [0.1, 0.15) is 0 Å². The standard InChI is InChI=1S/C13H22F3NO3S/c1-20-11-10-17(21(18,19)13(14,15)16)9-5-8-12-6-3-2-4-7-12/h5,8,12H,2-4,6-7,9-11H2,1H3. The fourth-order valence-corrected chi connectivity index (χ4v) is 3.24. The van der Waals surface area contributed by atoms with E-state index in [1.165, 1.54) is 19.6 Å². The number of ether oxygens (including phenoxy) is 1. The van der Waals surface area contributed by atoms with E-state index in [1.54, 1.807) is 0 Å². The first-order chi connectivity index (χ1) is 9.79. The van der Waals surface area contributed by atoms with Gasteiger partial charge < -0.3 is 4.74 Å². The molecule has 0 amide bonds. The molecule has 0 unspecified atom stereocenters. The molecule has 0 heterocycles. The highest BCUT2D eigenvalue weighted by atomic mass is 32.2. The van der Waals surface area contributed by atoms with Gasteiger partial charge in [-0.05, 0) is 18.8 Å². The molecular formula is C13H22F3NO3S. The van der Waals surface area contributed by atoms with E-state index in [-0.39, 0.29) is 19.7 Å². The quantitative estimate of drug-likeness (QED) is 0.675. The number of hydrogen-bond donors (Lipinski definition) is 0. The molecular weight excluding hydrogens is 307 g/mol. The number of alkyl halides is 3. The second-order valence-corrected chi connectivity index (χ2v) is 7.06. The van der Waals surface area contributed by atoms with Gasteiger partial charge in [0.25, 0.3) is 0 Å². The Bertz CT molecular complexity index is 428. The van der Waals surface area contributed by atoms with E-state index in [0.717, 1.165) is 25.7 Å². The molecule has 0 aromatic carbocycles. The summed E-state index contributed by atoms with van der Waals surface area (Å²) in [5.41, 5.74) is -5.28. The zero-order valence-corrected chi connectivity index (χ0v) is 12.9. The molecule has 8 heteroatoms. The topological polar surface area (TPSA) is 46.6 Å². The molecule has 0 atom stereocenters. The Morgan fingerprint density at radius 1 is 1.24 bits per heavy atom. The lowest BCUT2D eigenvalue weighted by Gasteiger charge is -2.22. The Balaban J connectivity index is 2.67. The zero-order valence-electron chi connectivity index (χ0n) is 12.1. The van der Waals surface area contributed by atoms with Crippen molar-refractivity contribution in [2.75, 3.05) is 26.8 Å². The fraction of sp³-hybridized carbons (Fsp3) is 0.846. The summed E-state index contributed by atoms with van der Waals surface area (Å²) >= 11 is 0. The molecule has 0 bridgehead atoms. The summed E-state index contributed by atoms with van der Waals surface area (Å²) in [6, 6.07) is 0. The van der Waals surface area contributed by atoms with Crippen molar-refractivity contribution in [2.24, 2.45) is 5.92 Å². The van der Waals surface area contributed by atoms with Gasteiger partial charge in [0.2, 0.25) is 0 Å². The van der Waals surface area contributed by atoms with Gasteiger partial charge in [-0.1, -0.05) is 31.4 Å². The van der Waals surface area contributed by atoms with E-state index in [4.69, 9.17) is 0 Å². The van der Waals surface area contributed by atoms with Gasteiger partial charge in [0.15, 0.2) is 0 Å². The lowest BCUT2D eigenvalue weighted by atomic mass is 9.89. The van der Waals surface area contributed by atoms with Crippen LogP contribution in [0.3, 0.4) is 0 Å². The average Bonchev–Trinajstić information content (AvgIpc) is 2.42. The zero-order chi connectivity index (χ0) is 15.9. The highest BCUT2D eigenvalue weighted by Gasteiger charge is 2.49. The molecule has 1 rings (SSSR count). The monoisotopic (exact) mass is 329 g/mol. The third kappa shape index (κ3) is 5.60. The summed E-state index contributed by atoms with van der Waals surface area (Å²) in [6.07, 6.45) is 8.81. The van der Waals surface area contributed by atoms with Crippen LogP contribution in [0.5, 0.6) is 0 Å². The van der Waals surface area contributed by atoms with Crippen LogP contribution in [0.4, 0.5) is 13.2 Å². The molecule has 0 saturated heterocycles. The minimum absolute atomic E-state index is 0.0768. The van der Waals surface area contributed by atoms with E-state index < -0.39 is 15.5 Å². The van der Waals surface area contributed by atoms with Gasteiger partial charge in [-0.25, -0.2) is 8.42 Å². The predicted octanol–water partition coefficient (Wildman–Crippen LogP) is 2.92. The van der Waals surface area contributed by atoms with Gasteiger partial charge in [0.05, 0.1) is 6.61 Å². The van der Waals surface area contributed by atoms with Crippen molar-refractivity contribution >= 4 is 10.0 Å². The minimum Gasteiger partial charge on any atom is -0.383 e. The van der Waals surface area contributed by atoms with Gasteiger partial charge >= 0.3 is 15.5 Å². The SMILES string of the molecule is COCCN(CC=CC1CCCCC1)S(=O)(=O)C(F)(F)F. The van der Waals surface area contributed by atoms with Crippen LogP contribution in [0.15, 0.2) is 12.2 Å². The van der Waals surface area contributed by atoms with Gasteiger partial charge in [-0.3, -0.25) is 0 Å². The van der Waals surface area contributed by atoms with Crippen molar-refractivity contribution in [3.63, 3.8) is 0 Å². The Morgan fingerprint density at radius 3 is 2.38 bits per heavy atom. The molecule has 124 valence electrons. The van der Waals surface area contributed by atoms with Crippen molar-refractivity contribution in [1.29, 1.82) is 0 Å². The lowest BCUT2D eigenvalue weighted by Crippen LogP contribution is -2.42. The van der Waals surface area contributed by atoms with Crippen molar-refractivity contribution in [3.05, 3.63) is 12.2 Å². The number of nitrogens with zero attached hydrogens (tertiary/aromatic N) is 1. The van der Waals surface area contributed by atoms with Crippen LogP contribution in [0, 0.1) is 5.92 Å². The highest BCUT2D eigenvalue weighted by molar-refractivity contribution is 7.90. The van der Waals surface area contributed by atoms with E-state index in [9.17, 15) is 21.6 Å². The van der Waals surface area contributed by atoms with Crippen molar-refractivity contribution < 1.29 is 26.3 Å². The van der Waals surface area contributed by atoms with Gasteiger partial charge in [0, 0.05) is 20.2 Å². The Hall–Kier alpha value is -0.600. The molecule has 0 radical (unpaired) electrons. The number of hydrogen-bond acceptors (Lipinski definition) is 3. The molecule has 0 spiro atoms. The second kappa shape index (κ2) is 8.14. The summed E-state index contributed by atoms with van der Waals surface area (Å²) < 4.78 is 65.8. The Kier molecular flexibility index (Phi) is 7.15.